The number of carbonyl (C=O) groups is 1. The van der Waals surface area contributed by atoms with Crippen molar-refractivity contribution in [3.05, 3.63) is 29.8 Å². The summed E-state index contributed by atoms with van der Waals surface area (Å²) in [4.78, 5) is 15.1. The van der Waals surface area contributed by atoms with Crippen molar-refractivity contribution < 1.29 is 4.79 Å². The first-order chi connectivity index (χ1) is 8.27. The van der Waals surface area contributed by atoms with E-state index in [2.05, 4.69) is 24.4 Å². The Morgan fingerprint density at radius 2 is 2.00 bits per heavy atom. The Hall–Kier alpha value is -0.710. The van der Waals surface area contributed by atoms with E-state index in [4.69, 9.17) is 0 Å². The third kappa shape index (κ3) is 4.19. The molecule has 0 spiro atoms. The smallest absolute Gasteiger partial charge is 0.233 e. The van der Waals surface area contributed by atoms with Gasteiger partial charge in [-0.3, -0.25) is 4.79 Å². The lowest BCUT2D eigenvalue weighted by Gasteiger charge is -2.27. The highest BCUT2D eigenvalue weighted by Gasteiger charge is 2.16. The molecule has 1 aliphatic rings. The van der Waals surface area contributed by atoms with E-state index in [0.717, 1.165) is 26.2 Å². The zero-order valence-electron chi connectivity index (χ0n) is 10.5. The third-order valence-electron chi connectivity index (χ3n) is 2.91. The van der Waals surface area contributed by atoms with E-state index in [-0.39, 0.29) is 18.3 Å². The maximum absolute atomic E-state index is 12.0. The Kier molecular flexibility index (Phi) is 6.54. The Labute approximate surface area is 119 Å². The van der Waals surface area contributed by atoms with Crippen LogP contribution >= 0.6 is 24.2 Å². The van der Waals surface area contributed by atoms with Crippen molar-refractivity contribution >= 4 is 30.1 Å². The zero-order chi connectivity index (χ0) is 12.1. The molecule has 5 heteroatoms. The lowest BCUT2D eigenvalue weighted by atomic mass is 10.2. The quantitative estimate of drug-likeness (QED) is 0.862. The van der Waals surface area contributed by atoms with Crippen LogP contribution in [0, 0.1) is 6.92 Å². The van der Waals surface area contributed by atoms with Crippen LogP contribution in [0.1, 0.15) is 5.56 Å². The maximum Gasteiger partial charge on any atom is 0.233 e. The molecule has 0 aromatic heterocycles. The highest BCUT2D eigenvalue weighted by Crippen LogP contribution is 2.21. The van der Waals surface area contributed by atoms with Gasteiger partial charge in [-0.2, -0.15) is 0 Å². The number of benzene rings is 1. The van der Waals surface area contributed by atoms with Crippen molar-refractivity contribution in [2.45, 2.75) is 11.8 Å². The number of hydrogen-bond acceptors (Lipinski definition) is 3. The molecule has 0 saturated carbocycles. The van der Waals surface area contributed by atoms with Gasteiger partial charge in [-0.25, -0.2) is 0 Å². The predicted molar refractivity (Wildman–Crippen MR) is 78.6 cm³/mol. The molecule has 1 aromatic rings. The molecule has 0 aliphatic carbocycles. The number of carbonyl (C=O) groups excluding carboxylic acids is 1. The average Bonchev–Trinajstić information content (AvgIpc) is 2.38. The minimum absolute atomic E-state index is 0. The molecule has 18 heavy (non-hydrogen) atoms. The van der Waals surface area contributed by atoms with Crippen molar-refractivity contribution in [3.8, 4) is 0 Å². The highest BCUT2D eigenvalue weighted by molar-refractivity contribution is 8.00. The van der Waals surface area contributed by atoms with Crippen molar-refractivity contribution in [2.24, 2.45) is 0 Å². The van der Waals surface area contributed by atoms with Gasteiger partial charge < -0.3 is 10.2 Å². The lowest BCUT2D eigenvalue weighted by Crippen LogP contribution is -2.47. The summed E-state index contributed by atoms with van der Waals surface area (Å²) in [6.07, 6.45) is 0. The van der Waals surface area contributed by atoms with Crippen molar-refractivity contribution in [3.63, 3.8) is 0 Å². The second kappa shape index (κ2) is 7.67. The first kappa shape index (κ1) is 15.3. The van der Waals surface area contributed by atoms with Gasteiger partial charge in [0.1, 0.15) is 0 Å². The summed E-state index contributed by atoms with van der Waals surface area (Å²) in [5, 5.41) is 3.25. The fourth-order valence-electron chi connectivity index (χ4n) is 1.86. The first-order valence-corrected chi connectivity index (χ1v) is 6.93. The number of thioether (sulfide) groups is 1. The molecule has 1 fully saturated rings. The Morgan fingerprint density at radius 1 is 1.33 bits per heavy atom. The van der Waals surface area contributed by atoms with Gasteiger partial charge >= 0.3 is 0 Å². The van der Waals surface area contributed by atoms with Crippen molar-refractivity contribution in [1.29, 1.82) is 0 Å². The van der Waals surface area contributed by atoms with Gasteiger partial charge in [0.15, 0.2) is 0 Å². The summed E-state index contributed by atoms with van der Waals surface area (Å²) in [6.45, 7) is 5.60. The van der Waals surface area contributed by atoms with Crippen LogP contribution in [-0.2, 0) is 4.79 Å². The largest absolute Gasteiger partial charge is 0.339 e. The van der Waals surface area contributed by atoms with Crippen molar-refractivity contribution in [1.82, 2.24) is 10.2 Å². The molecule has 0 radical (unpaired) electrons. The SMILES string of the molecule is Cc1ccccc1SCC(=O)N1CCNCC1.Cl. The summed E-state index contributed by atoms with van der Waals surface area (Å²) in [7, 11) is 0. The predicted octanol–water partition coefficient (Wildman–Crippen LogP) is 1.94. The molecule has 0 unspecified atom stereocenters. The number of nitrogens with one attached hydrogen (secondary N) is 1. The van der Waals surface area contributed by atoms with Gasteiger partial charge in [-0.1, -0.05) is 18.2 Å². The van der Waals surface area contributed by atoms with E-state index in [1.807, 2.05) is 17.0 Å². The standard InChI is InChI=1S/C13H18N2OS.ClH/c1-11-4-2-3-5-12(11)17-10-13(16)15-8-6-14-7-9-15;/h2-5,14H,6-10H2,1H3;1H. The topological polar surface area (TPSA) is 32.3 Å². The van der Waals surface area contributed by atoms with Crippen LogP contribution in [0.25, 0.3) is 0 Å². The summed E-state index contributed by atoms with van der Waals surface area (Å²) in [6, 6.07) is 8.20. The molecule has 1 saturated heterocycles. The molecule has 1 heterocycles. The van der Waals surface area contributed by atoms with Crippen LogP contribution in [0.15, 0.2) is 29.2 Å². The minimum atomic E-state index is 0. The molecule has 1 aromatic carbocycles. The maximum atomic E-state index is 12.0. The number of halogens is 1. The lowest BCUT2D eigenvalue weighted by molar-refractivity contribution is -0.128. The van der Waals surface area contributed by atoms with Gasteiger partial charge in [0.25, 0.3) is 0 Å². The van der Waals surface area contributed by atoms with Crippen LogP contribution in [-0.4, -0.2) is 42.7 Å². The third-order valence-corrected chi connectivity index (χ3v) is 4.07. The molecule has 0 atom stereocenters. The Morgan fingerprint density at radius 3 is 2.67 bits per heavy atom. The molecular weight excluding hydrogens is 268 g/mol. The molecule has 1 amide bonds. The molecule has 1 N–H and O–H groups in total. The van der Waals surface area contributed by atoms with E-state index >= 15 is 0 Å². The van der Waals surface area contributed by atoms with Gasteiger partial charge in [-0.05, 0) is 18.6 Å². The summed E-state index contributed by atoms with van der Waals surface area (Å²) < 4.78 is 0. The zero-order valence-corrected chi connectivity index (χ0v) is 12.1. The van der Waals surface area contributed by atoms with Gasteiger partial charge in [-0.15, -0.1) is 24.2 Å². The number of amides is 1. The van der Waals surface area contributed by atoms with E-state index in [0.29, 0.717) is 5.75 Å². The molecule has 0 bridgehead atoms. The average molecular weight is 287 g/mol. The summed E-state index contributed by atoms with van der Waals surface area (Å²) >= 11 is 1.64. The fourth-order valence-corrected chi connectivity index (χ4v) is 2.80. The second-order valence-corrected chi connectivity index (χ2v) is 5.20. The van der Waals surface area contributed by atoms with E-state index in [1.165, 1.54) is 10.5 Å². The van der Waals surface area contributed by atoms with Crippen LogP contribution in [0.5, 0.6) is 0 Å². The fraction of sp³-hybridized carbons (Fsp3) is 0.462. The number of nitrogens with zero attached hydrogens (tertiary/aromatic N) is 1. The van der Waals surface area contributed by atoms with Gasteiger partial charge in [0.2, 0.25) is 5.91 Å². The van der Waals surface area contributed by atoms with E-state index < -0.39 is 0 Å². The molecule has 100 valence electrons. The number of aryl methyl sites for hydroxylation is 1. The number of rotatable bonds is 3. The Balaban J connectivity index is 0.00000162. The molecule has 3 nitrogen and oxygen atoms in total. The molecule has 1 aliphatic heterocycles. The number of hydrogen-bond donors (Lipinski definition) is 1. The molecular formula is C13H19ClN2OS. The minimum Gasteiger partial charge on any atom is -0.339 e. The van der Waals surface area contributed by atoms with Crippen molar-refractivity contribution in [2.75, 3.05) is 31.9 Å². The monoisotopic (exact) mass is 286 g/mol. The van der Waals surface area contributed by atoms with E-state index in [1.54, 1.807) is 11.8 Å². The van der Waals surface area contributed by atoms with Crippen LogP contribution in [0.4, 0.5) is 0 Å². The molecule has 2 rings (SSSR count). The van der Waals surface area contributed by atoms with Gasteiger partial charge in [0.05, 0.1) is 5.75 Å². The first-order valence-electron chi connectivity index (χ1n) is 5.94. The Bertz CT molecular complexity index is 394. The number of piperazine rings is 1. The van der Waals surface area contributed by atoms with E-state index in [9.17, 15) is 4.79 Å². The summed E-state index contributed by atoms with van der Waals surface area (Å²) in [5.74, 6) is 0.796. The second-order valence-electron chi connectivity index (χ2n) is 4.18. The van der Waals surface area contributed by atoms with Crippen LogP contribution in [0.3, 0.4) is 0 Å². The van der Waals surface area contributed by atoms with Gasteiger partial charge in [0, 0.05) is 31.1 Å². The van der Waals surface area contributed by atoms with Crippen LogP contribution < -0.4 is 5.32 Å². The normalized spacial score (nSPS) is 15.1. The highest BCUT2D eigenvalue weighted by atomic mass is 35.5. The van der Waals surface area contributed by atoms with Crippen LogP contribution in [0.2, 0.25) is 0 Å². The summed E-state index contributed by atoms with van der Waals surface area (Å²) in [5.41, 5.74) is 1.24.